The summed E-state index contributed by atoms with van der Waals surface area (Å²) in [4.78, 5) is 23.7. The van der Waals surface area contributed by atoms with Crippen molar-refractivity contribution >= 4 is 23.3 Å². The molecule has 0 saturated heterocycles. The van der Waals surface area contributed by atoms with E-state index in [1.807, 2.05) is 41.9 Å². The molecular weight excluding hydrogens is 364 g/mol. The Kier molecular flexibility index (Phi) is 4.92. The molecule has 1 aromatic heterocycles. The molecule has 1 unspecified atom stereocenters. The van der Waals surface area contributed by atoms with Crippen molar-refractivity contribution in [3.63, 3.8) is 0 Å². The Morgan fingerprint density at radius 2 is 1.97 bits per heavy atom. The fourth-order valence-electron chi connectivity index (χ4n) is 4.00. The standard InChI is InChI=1S/C23H24N4O2/c1-14-5-4-6-17(11-14)13-27-23-22(15(2)26-27)20(12-21(29)25-23)18-7-9-19(10-8-18)24-16(3)28/h4-11,20H,12-13H2,1-3H3,(H,24,28)(H,25,29). The molecule has 0 bridgehead atoms. The van der Waals surface area contributed by atoms with Crippen LogP contribution in [-0.2, 0) is 16.1 Å². The molecule has 3 aromatic rings. The Morgan fingerprint density at radius 1 is 1.21 bits per heavy atom. The first-order valence-electron chi connectivity index (χ1n) is 9.71. The van der Waals surface area contributed by atoms with E-state index in [2.05, 4.69) is 35.8 Å². The molecule has 148 valence electrons. The first-order valence-corrected chi connectivity index (χ1v) is 9.71. The van der Waals surface area contributed by atoms with Crippen molar-refractivity contribution in [3.8, 4) is 0 Å². The van der Waals surface area contributed by atoms with Crippen LogP contribution in [0.5, 0.6) is 0 Å². The van der Waals surface area contributed by atoms with Crippen molar-refractivity contribution in [2.75, 3.05) is 10.6 Å². The number of rotatable bonds is 4. The lowest BCUT2D eigenvalue weighted by Crippen LogP contribution is -2.25. The molecule has 0 spiro atoms. The average Bonchev–Trinajstić information content (AvgIpc) is 2.96. The minimum Gasteiger partial charge on any atom is -0.326 e. The van der Waals surface area contributed by atoms with Crippen LogP contribution in [0.1, 0.15) is 47.2 Å². The number of carbonyl (C=O) groups is 2. The Bertz CT molecular complexity index is 1080. The van der Waals surface area contributed by atoms with Crippen molar-refractivity contribution in [1.29, 1.82) is 0 Å². The van der Waals surface area contributed by atoms with Crippen LogP contribution in [0, 0.1) is 13.8 Å². The molecule has 2 amide bonds. The van der Waals surface area contributed by atoms with Crippen molar-refractivity contribution in [2.45, 2.75) is 39.7 Å². The van der Waals surface area contributed by atoms with E-state index in [0.717, 1.165) is 33.9 Å². The fraction of sp³-hybridized carbons (Fsp3) is 0.261. The Balaban J connectivity index is 1.69. The highest BCUT2D eigenvalue weighted by molar-refractivity contribution is 5.94. The molecule has 0 saturated carbocycles. The summed E-state index contributed by atoms with van der Waals surface area (Å²) < 4.78 is 1.88. The molecule has 1 aliphatic heterocycles. The van der Waals surface area contributed by atoms with Crippen LogP contribution in [-0.4, -0.2) is 21.6 Å². The van der Waals surface area contributed by atoms with Crippen molar-refractivity contribution in [1.82, 2.24) is 9.78 Å². The smallest absolute Gasteiger partial charge is 0.226 e. The number of amides is 2. The molecule has 2 N–H and O–H groups in total. The first kappa shape index (κ1) is 18.9. The number of fused-ring (bicyclic) bond motifs is 1. The molecule has 6 heteroatoms. The van der Waals surface area contributed by atoms with Gasteiger partial charge < -0.3 is 10.6 Å². The molecule has 1 aliphatic rings. The maximum absolute atomic E-state index is 12.5. The van der Waals surface area contributed by atoms with E-state index in [0.29, 0.717) is 13.0 Å². The predicted octanol–water partition coefficient (Wildman–Crippen LogP) is 3.98. The van der Waals surface area contributed by atoms with Gasteiger partial charge in [0.25, 0.3) is 0 Å². The summed E-state index contributed by atoms with van der Waals surface area (Å²) in [6.45, 7) is 6.14. The molecule has 0 fully saturated rings. The lowest BCUT2D eigenvalue weighted by molar-refractivity contribution is -0.117. The second-order valence-electron chi connectivity index (χ2n) is 7.60. The second kappa shape index (κ2) is 7.54. The Hall–Kier alpha value is -3.41. The highest BCUT2D eigenvalue weighted by Crippen LogP contribution is 2.39. The lowest BCUT2D eigenvalue weighted by Gasteiger charge is -2.24. The van der Waals surface area contributed by atoms with Crippen LogP contribution < -0.4 is 10.6 Å². The normalized spacial score (nSPS) is 15.6. The van der Waals surface area contributed by atoms with E-state index in [1.54, 1.807) is 0 Å². The largest absolute Gasteiger partial charge is 0.326 e. The van der Waals surface area contributed by atoms with Gasteiger partial charge in [-0.15, -0.1) is 0 Å². The van der Waals surface area contributed by atoms with E-state index in [4.69, 9.17) is 5.10 Å². The van der Waals surface area contributed by atoms with Crippen molar-refractivity contribution < 1.29 is 9.59 Å². The highest BCUT2D eigenvalue weighted by atomic mass is 16.2. The van der Waals surface area contributed by atoms with Crippen LogP contribution in [0.25, 0.3) is 0 Å². The van der Waals surface area contributed by atoms with E-state index < -0.39 is 0 Å². The number of benzene rings is 2. The first-order chi connectivity index (χ1) is 13.9. The van der Waals surface area contributed by atoms with Gasteiger partial charge in [-0.1, -0.05) is 42.0 Å². The van der Waals surface area contributed by atoms with Gasteiger partial charge in [0.1, 0.15) is 5.82 Å². The minimum absolute atomic E-state index is 0.0150. The summed E-state index contributed by atoms with van der Waals surface area (Å²) in [6, 6.07) is 16.0. The Labute approximate surface area is 169 Å². The van der Waals surface area contributed by atoms with Crippen LogP contribution >= 0.6 is 0 Å². The molecule has 1 atom stereocenters. The fourth-order valence-corrected chi connectivity index (χ4v) is 4.00. The Morgan fingerprint density at radius 3 is 2.66 bits per heavy atom. The lowest BCUT2D eigenvalue weighted by atomic mass is 9.85. The topological polar surface area (TPSA) is 76.0 Å². The molecule has 6 nitrogen and oxygen atoms in total. The van der Waals surface area contributed by atoms with Gasteiger partial charge in [-0.2, -0.15) is 5.10 Å². The number of aryl methyl sites for hydroxylation is 2. The number of nitrogens with zero attached hydrogens (tertiary/aromatic N) is 2. The molecule has 2 heterocycles. The third kappa shape index (κ3) is 3.92. The quantitative estimate of drug-likeness (QED) is 0.710. The summed E-state index contributed by atoms with van der Waals surface area (Å²) in [5.41, 5.74) is 6.10. The zero-order chi connectivity index (χ0) is 20.5. The number of carbonyl (C=O) groups excluding carboxylic acids is 2. The van der Waals surface area contributed by atoms with Gasteiger partial charge in [-0.25, -0.2) is 4.68 Å². The van der Waals surface area contributed by atoms with Gasteiger partial charge in [0.15, 0.2) is 0 Å². The summed E-state index contributed by atoms with van der Waals surface area (Å²) in [5, 5.41) is 10.5. The molecule has 2 aromatic carbocycles. The van der Waals surface area contributed by atoms with Gasteiger partial charge >= 0.3 is 0 Å². The second-order valence-corrected chi connectivity index (χ2v) is 7.60. The molecule has 0 radical (unpaired) electrons. The molecule has 29 heavy (non-hydrogen) atoms. The number of anilines is 2. The van der Waals surface area contributed by atoms with E-state index in [-0.39, 0.29) is 17.7 Å². The third-order valence-corrected chi connectivity index (χ3v) is 5.22. The van der Waals surface area contributed by atoms with Gasteiger partial charge in [0.2, 0.25) is 11.8 Å². The maximum atomic E-state index is 12.5. The molecule has 0 aliphatic carbocycles. The SMILES string of the molecule is CC(=O)Nc1ccc(C2CC(=O)Nc3c2c(C)nn3Cc2cccc(C)c2)cc1. The van der Waals surface area contributed by atoms with Gasteiger partial charge in [-0.3, -0.25) is 9.59 Å². The summed E-state index contributed by atoms with van der Waals surface area (Å²) >= 11 is 0. The van der Waals surface area contributed by atoms with Crippen LogP contribution in [0.4, 0.5) is 11.5 Å². The van der Waals surface area contributed by atoms with Gasteiger partial charge in [-0.05, 0) is 37.1 Å². The van der Waals surface area contributed by atoms with Crippen LogP contribution in [0.15, 0.2) is 48.5 Å². The molecule has 4 rings (SSSR count). The summed E-state index contributed by atoms with van der Waals surface area (Å²) in [7, 11) is 0. The monoisotopic (exact) mass is 388 g/mol. The van der Waals surface area contributed by atoms with Gasteiger partial charge in [0.05, 0.1) is 12.2 Å². The third-order valence-electron chi connectivity index (χ3n) is 5.22. The van der Waals surface area contributed by atoms with Crippen LogP contribution in [0.2, 0.25) is 0 Å². The van der Waals surface area contributed by atoms with E-state index in [9.17, 15) is 9.59 Å². The molecular formula is C23H24N4O2. The minimum atomic E-state index is -0.106. The number of hydrogen-bond acceptors (Lipinski definition) is 3. The number of hydrogen-bond donors (Lipinski definition) is 2. The summed E-state index contributed by atoms with van der Waals surface area (Å²) in [6.07, 6.45) is 0.378. The predicted molar refractivity (Wildman–Crippen MR) is 113 cm³/mol. The average molecular weight is 388 g/mol. The van der Waals surface area contributed by atoms with Crippen molar-refractivity contribution in [3.05, 3.63) is 76.5 Å². The highest BCUT2D eigenvalue weighted by Gasteiger charge is 2.32. The van der Waals surface area contributed by atoms with Crippen LogP contribution in [0.3, 0.4) is 0 Å². The van der Waals surface area contributed by atoms with Gasteiger partial charge in [0, 0.05) is 30.5 Å². The summed E-state index contributed by atoms with van der Waals surface area (Å²) in [5.74, 6) is 0.594. The van der Waals surface area contributed by atoms with Crippen molar-refractivity contribution in [2.24, 2.45) is 0 Å². The van der Waals surface area contributed by atoms with E-state index in [1.165, 1.54) is 12.5 Å². The zero-order valence-corrected chi connectivity index (χ0v) is 16.8. The maximum Gasteiger partial charge on any atom is 0.226 e. The number of nitrogens with one attached hydrogen (secondary N) is 2. The zero-order valence-electron chi connectivity index (χ0n) is 16.8. The van der Waals surface area contributed by atoms with E-state index >= 15 is 0 Å². The number of aromatic nitrogens is 2.